The van der Waals surface area contributed by atoms with E-state index in [0.717, 1.165) is 29.0 Å². The lowest BCUT2D eigenvalue weighted by Crippen LogP contribution is -2.81. The molecule has 1 aliphatic carbocycles. The number of nitrogens with one attached hydrogen (secondary N) is 1. The number of amidine groups is 1. The molecule has 0 amide bonds. The van der Waals surface area contributed by atoms with Crippen molar-refractivity contribution in [3.63, 3.8) is 0 Å². The van der Waals surface area contributed by atoms with Crippen LogP contribution in [0.5, 0.6) is 0 Å². The van der Waals surface area contributed by atoms with E-state index >= 15 is 0 Å². The molecule has 2 heterocycles. The average Bonchev–Trinajstić information content (AvgIpc) is 3.02. The van der Waals surface area contributed by atoms with Crippen LogP contribution >= 0.6 is 34.8 Å². The molecule has 2 aliphatic rings. The van der Waals surface area contributed by atoms with Gasteiger partial charge in [-0.15, -0.1) is 0 Å². The van der Waals surface area contributed by atoms with Gasteiger partial charge in [-0.05, 0) is 52.8 Å². The fourth-order valence-corrected chi connectivity index (χ4v) is 4.06. The maximum absolute atomic E-state index is 12.7. The minimum absolute atomic E-state index is 0.0835. The summed E-state index contributed by atoms with van der Waals surface area (Å²) >= 11 is 7.41. The molecule has 3 N–H and O–H groups in total. The fraction of sp³-hybridized carbons (Fsp3) is 0.267. The molecule has 0 spiro atoms. The van der Waals surface area contributed by atoms with Crippen LogP contribution < -0.4 is 10.7 Å². The van der Waals surface area contributed by atoms with Gasteiger partial charge in [0.25, 0.3) is 5.11 Å². The zero-order valence-corrected chi connectivity index (χ0v) is 14.9. The van der Waals surface area contributed by atoms with Crippen LogP contribution in [-0.2, 0) is 13.5 Å². The quantitative estimate of drug-likeness (QED) is 0.412. The first-order valence-corrected chi connectivity index (χ1v) is 8.55. The maximum Gasteiger partial charge on any atom is 0.298 e. The fourth-order valence-electron chi connectivity index (χ4n) is 3.41. The van der Waals surface area contributed by atoms with E-state index < -0.39 is 0 Å². The largest absolute Gasteiger partial charge is 0.341 e. The molecule has 112 valence electrons. The summed E-state index contributed by atoms with van der Waals surface area (Å²) in [6, 6.07) is 6.32. The number of carbonyl (C=O) groups is 1. The Kier molecular flexibility index (Phi) is 3.31. The molecule has 5 nitrogen and oxygen atoms in total. The standard InChI is InChI=1S/C15H13IN4OS/c1-20-11-3-2-8(16)6-9(11)10-4-7(5-12(21)13(10)20)14-17-15(22)19-18-14/h2-3,6-7H,4-5H2,1H3,(H2,17,18,19,22)/p+1. The van der Waals surface area contributed by atoms with Gasteiger partial charge in [0, 0.05) is 46.1 Å². The molecule has 2 aromatic rings. The molecule has 0 saturated heterocycles. The Bertz CT molecular complexity index is 870. The third-order valence-electron chi connectivity index (χ3n) is 4.37. The second kappa shape index (κ2) is 5.10. The molecule has 22 heavy (non-hydrogen) atoms. The number of nitrogens with zero attached hydrogens (tertiary/aromatic N) is 2. The number of aryl methyl sites for hydroxylation is 1. The zero-order chi connectivity index (χ0) is 15.4. The van der Waals surface area contributed by atoms with E-state index in [1.54, 1.807) is 5.43 Å². The molecule has 1 aromatic heterocycles. The van der Waals surface area contributed by atoms with Gasteiger partial charge in [0.2, 0.25) is 0 Å². The molecule has 0 saturated carbocycles. The Morgan fingerprint density at radius 3 is 3.00 bits per heavy atom. The van der Waals surface area contributed by atoms with Crippen LogP contribution in [0, 0.1) is 9.49 Å². The van der Waals surface area contributed by atoms with Gasteiger partial charge in [-0.25, -0.2) is 0 Å². The molecule has 1 aliphatic heterocycles. The van der Waals surface area contributed by atoms with E-state index in [0.29, 0.717) is 11.5 Å². The number of hydrogen-bond acceptors (Lipinski definition) is 3. The number of carbonyl (C=O) groups excluding carboxylic acids is 1. The van der Waals surface area contributed by atoms with Gasteiger partial charge in [-0.3, -0.25) is 10.1 Å². The first-order chi connectivity index (χ1) is 10.5. The van der Waals surface area contributed by atoms with Crippen LogP contribution in [0.25, 0.3) is 10.9 Å². The molecule has 0 bridgehead atoms. The van der Waals surface area contributed by atoms with Crippen molar-refractivity contribution in [2.24, 2.45) is 18.1 Å². The monoisotopic (exact) mass is 425 g/mol. The number of ketones is 1. The lowest BCUT2D eigenvalue weighted by atomic mass is 9.84. The number of quaternary nitrogens is 1. The minimum atomic E-state index is 0.0835. The lowest BCUT2D eigenvalue weighted by molar-refractivity contribution is -0.538. The third-order valence-corrected chi connectivity index (χ3v) is 5.25. The molecular formula is C15H14IN4OS+. The van der Waals surface area contributed by atoms with E-state index in [4.69, 9.17) is 12.2 Å². The van der Waals surface area contributed by atoms with Crippen LogP contribution in [0.2, 0.25) is 0 Å². The van der Waals surface area contributed by atoms with Crippen molar-refractivity contribution in [3.8, 4) is 0 Å². The summed E-state index contributed by atoms with van der Waals surface area (Å²) in [6.07, 6.45) is 1.30. The molecule has 7 heteroatoms. The summed E-state index contributed by atoms with van der Waals surface area (Å²) in [5, 5.41) is 9.24. The number of nitrogens with two attached hydrogens (primary N) is 1. The summed E-state index contributed by atoms with van der Waals surface area (Å²) in [4.78, 5) is 12.7. The van der Waals surface area contributed by atoms with Gasteiger partial charge in [0.1, 0.15) is 0 Å². The highest BCUT2D eigenvalue weighted by Crippen LogP contribution is 2.34. The summed E-state index contributed by atoms with van der Waals surface area (Å²) in [5.74, 6) is 1.09. The predicted molar refractivity (Wildman–Crippen MR) is 96.9 cm³/mol. The van der Waals surface area contributed by atoms with Crippen LogP contribution in [0.4, 0.5) is 0 Å². The van der Waals surface area contributed by atoms with E-state index in [-0.39, 0.29) is 11.7 Å². The van der Waals surface area contributed by atoms with Crippen molar-refractivity contribution in [3.05, 3.63) is 33.0 Å². The van der Waals surface area contributed by atoms with Crippen molar-refractivity contribution in [2.45, 2.75) is 12.8 Å². The molecule has 1 unspecified atom stereocenters. The number of thiocarbonyl (C=S) groups is 1. The Balaban J connectivity index is 1.84. The van der Waals surface area contributed by atoms with Crippen LogP contribution in [-0.4, -0.2) is 21.3 Å². The zero-order valence-electron chi connectivity index (χ0n) is 11.9. The van der Waals surface area contributed by atoms with Crippen molar-refractivity contribution in [1.82, 2.24) is 9.88 Å². The van der Waals surface area contributed by atoms with Gasteiger partial charge in [-0.2, -0.15) is 5.43 Å². The molecular weight excluding hydrogens is 411 g/mol. The highest BCUT2D eigenvalue weighted by atomic mass is 127. The highest BCUT2D eigenvalue weighted by Gasteiger charge is 2.35. The normalized spacial score (nSPS) is 21.0. The van der Waals surface area contributed by atoms with Gasteiger partial charge in [-0.1, -0.05) is 5.10 Å². The second-order valence-corrected chi connectivity index (χ2v) is 7.39. The first-order valence-electron chi connectivity index (χ1n) is 7.06. The first kappa shape index (κ1) is 14.3. The Labute approximate surface area is 146 Å². The van der Waals surface area contributed by atoms with Gasteiger partial charge in [0.15, 0.2) is 11.6 Å². The Morgan fingerprint density at radius 1 is 1.45 bits per heavy atom. The van der Waals surface area contributed by atoms with E-state index in [1.807, 2.05) is 11.6 Å². The van der Waals surface area contributed by atoms with E-state index in [9.17, 15) is 4.79 Å². The number of aromatic nitrogens is 1. The average molecular weight is 425 g/mol. The van der Waals surface area contributed by atoms with Crippen molar-refractivity contribution in [2.75, 3.05) is 0 Å². The van der Waals surface area contributed by atoms with Crippen LogP contribution in [0.1, 0.15) is 22.5 Å². The SMILES string of the molecule is Cn1c2c(c3cc(I)ccc31)CC(C1=N[NH2+]C(=S)N1)CC2=O. The number of halogens is 1. The molecule has 1 aromatic carbocycles. The van der Waals surface area contributed by atoms with E-state index in [1.165, 1.54) is 8.96 Å². The molecule has 4 rings (SSSR count). The number of rotatable bonds is 1. The van der Waals surface area contributed by atoms with Crippen molar-refractivity contribution < 1.29 is 10.2 Å². The highest BCUT2D eigenvalue weighted by molar-refractivity contribution is 14.1. The van der Waals surface area contributed by atoms with E-state index in [2.05, 4.69) is 51.2 Å². The van der Waals surface area contributed by atoms with Crippen molar-refractivity contribution in [1.29, 1.82) is 0 Å². The topological polar surface area (TPSA) is 63.0 Å². The molecule has 1 atom stereocenters. The summed E-state index contributed by atoms with van der Waals surface area (Å²) in [6.45, 7) is 0. The smallest absolute Gasteiger partial charge is 0.298 e. The Hall–Kier alpha value is -1.32. The third kappa shape index (κ3) is 2.10. The van der Waals surface area contributed by atoms with Gasteiger partial charge in [0.05, 0.1) is 5.69 Å². The second-order valence-electron chi connectivity index (χ2n) is 5.71. The van der Waals surface area contributed by atoms with Crippen molar-refractivity contribution >= 4 is 62.4 Å². The van der Waals surface area contributed by atoms with Gasteiger partial charge < -0.3 is 4.57 Å². The lowest BCUT2D eigenvalue weighted by Gasteiger charge is -2.21. The minimum Gasteiger partial charge on any atom is -0.341 e. The number of benzene rings is 1. The number of hydrogen-bond donors (Lipinski definition) is 2. The van der Waals surface area contributed by atoms with Crippen LogP contribution in [0.15, 0.2) is 23.3 Å². The molecule has 0 fully saturated rings. The summed E-state index contributed by atoms with van der Waals surface area (Å²) < 4.78 is 3.21. The maximum atomic E-state index is 12.7. The number of fused-ring (bicyclic) bond motifs is 3. The number of Topliss-reactive ketones (excluding diaryl/α,β-unsaturated/α-hetero) is 1. The van der Waals surface area contributed by atoms with Gasteiger partial charge >= 0.3 is 0 Å². The Morgan fingerprint density at radius 2 is 2.27 bits per heavy atom. The summed E-state index contributed by atoms with van der Waals surface area (Å²) in [5.41, 5.74) is 4.75. The molecule has 0 radical (unpaired) electrons. The predicted octanol–water partition coefficient (Wildman–Crippen LogP) is 1.29. The van der Waals surface area contributed by atoms with Crippen LogP contribution in [0.3, 0.4) is 0 Å². The summed E-state index contributed by atoms with van der Waals surface area (Å²) in [7, 11) is 1.97.